The fraction of sp³-hybridized carbons (Fsp3) is 0.400. The summed E-state index contributed by atoms with van der Waals surface area (Å²) in [4.78, 5) is 4.08. The van der Waals surface area contributed by atoms with E-state index in [9.17, 15) is 0 Å². The van der Waals surface area contributed by atoms with Crippen LogP contribution in [0, 0.1) is 0 Å². The number of nitrogens with zero attached hydrogens (tertiary/aromatic N) is 4. The molecule has 0 aliphatic rings. The van der Waals surface area contributed by atoms with Crippen LogP contribution in [-0.2, 0) is 26.6 Å². The van der Waals surface area contributed by atoms with Gasteiger partial charge in [-0.25, -0.2) is 4.98 Å². The van der Waals surface area contributed by atoms with E-state index in [0.717, 1.165) is 18.7 Å². The molecule has 2 aromatic rings. The minimum atomic E-state index is 0.533. The average Bonchev–Trinajstić information content (AvgIpc) is 2.83. The molecule has 5 nitrogen and oxygen atoms in total. The molecule has 2 heterocycles. The maximum atomic E-state index is 5.60. The monoisotopic (exact) mass is 205 g/mol. The lowest BCUT2D eigenvalue weighted by Crippen LogP contribution is -2.09. The number of nitrogens with two attached hydrogens (primary N) is 1. The van der Waals surface area contributed by atoms with Crippen LogP contribution in [0.3, 0.4) is 0 Å². The summed E-state index contributed by atoms with van der Waals surface area (Å²) in [5.74, 6) is 0. The molecule has 15 heavy (non-hydrogen) atoms. The Morgan fingerprint density at radius 1 is 1.40 bits per heavy atom. The Morgan fingerprint density at radius 3 is 2.93 bits per heavy atom. The number of aromatic nitrogens is 4. The molecule has 0 aliphatic carbocycles. The summed E-state index contributed by atoms with van der Waals surface area (Å²) in [5, 5.41) is 4.13. The third kappa shape index (κ3) is 2.07. The number of hydrogen-bond acceptors (Lipinski definition) is 3. The molecule has 5 heteroatoms. The number of hydrogen-bond donors (Lipinski definition) is 1. The topological polar surface area (TPSA) is 61.7 Å². The molecule has 0 bridgehead atoms. The first-order valence-electron chi connectivity index (χ1n) is 4.97. The number of aryl methyl sites for hydroxylation is 3. The van der Waals surface area contributed by atoms with E-state index in [2.05, 4.69) is 14.6 Å². The van der Waals surface area contributed by atoms with Crippen molar-refractivity contribution in [3.63, 3.8) is 0 Å². The van der Waals surface area contributed by atoms with Gasteiger partial charge in [-0.1, -0.05) is 0 Å². The largest absolute Gasteiger partial charge is 0.333 e. The van der Waals surface area contributed by atoms with E-state index >= 15 is 0 Å². The van der Waals surface area contributed by atoms with Gasteiger partial charge in [-0.3, -0.25) is 4.68 Å². The van der Waals surface area contributed by atoms with Gasteiger partial charge >= 0.3 is 0 Å². The molecule has 0 saturated heterocycles. The Balaban J connectivity index is 2.02. The molecule has 0 aromatic carbocycles. The van der Waals surface area contributed by atoms with Crippen molar-refractivity contribution in [1.29, 1.82) is 0 Å². The minimum Gasteiger partial charge on any atom is -0.333 e. The minimum absolute atomic E-state index is 0.533. The predicted molar refractivity (Wildman–Crippen MR) is 57.0 cm³/mol. The van der Waals surface area contributed by atoms with Gasteiger partial charge in [0.2, 0.25) is 0 Å². The molecule has 80 valence electrons. The molecule has 2 N–H and O–H groups in total. The molecular formula is C10H15N5. The normalized spacial score (nSPS) is 10.8. The predicted octanol–water partition coefficient (Wildman–Crippen LogP) is 0.318. The van der Waals surface area contributed by atoms with Crippen LogP contribution in [0.2, 0.25) is 0 Å². The lowest BCUT2D eigenvalue weighted by molar-refractivity contribution is 0.618. The summed E-state index contributed by atoms with van der Waals surface area (Å²) < 4.78 is 3.96. The van der Waals surface area contributed by atoms with E-state index in [1.165, 1.54) is 5.69 Å². The fourth-order valence-electron chi connectivity index (χ4n) is 1.60. The van der Waals surface area contributed by atoms with E-state index < -0.39 is 0 Å². The summed E-state index contributed by atoms with van der Waals surface area (Å²) in [5.41, 5.74) is 7.88. The van der Waals surface area contributed by atoms with Crippen molar-refractivity contribution in [3.05, 3.63) is 36.2 Å². The van der Waals surface area contributed by atoms with Crippen molar-refractivity contribution in [2.24, 2.45) is 12.8 Å². The van der Waals surface area contributed by atoms with Crippen molar-refractivity contribution >= 4 is 0 Å². The fourth-order valence-corrected chi connectivity index (χ4v) is 1.60. The van der Waals surface area contributed by atoms with Crippen molar-refractivity contribution in [2.45, 2.75) is 19.5 Å². The Morgan fingerprint density at radius 2 is 2.27 bits per heavy atom. The summed E-state index contributed by atoms with van der Waals surface area (Å²) in [6, 6.07) is 2.03. The third-order valence-electron chi connectivity index (χ3n) is 2.54. The van der Waals surface area contributed by atoms with E-state index in [0.29, 0.717) is 6.54 Å². The molecule has 0 atom stereocenters. The quantitative estimate of drug-likeness (QED) is 0.781. The number of rotatable bonds is 4. The second kappa shape index (κ2) is 4.27. The summed E-state index contributed by atoms with van der Waals surface area (Å²) in [6.45, 7) is 1.43. The van der Waals surface area contributed by atoms with Crippen LogP contribution < -0.4 is 5.73 Å². The van der Waals surface area contributed by atoms with Gasteiger partial charge in [0.25, 0.3) is 0 Å². The lowest BCUT2D eigenvalue weighted by atomic mass is 10.3. The zero-order valence-electron chi connectivity index (χ0n) is 8.80. The summed E-state index contributed by atoms with van der Waals surface area (Å²) in [6.07, 6.45) is 6.38. The third-order valence-corrected chi connectivity index (χ3v) is 2.54. The second-order valence-corrected chi connectivity index (χ2v) is 3.48. The lowest BCUT2D eigenvalue weighted by Gasteiger charge is -2.06. The van der Waals surface area contributed by atoms with E-state index in [4.69, 9.17) is 5.73 Å². The van der Waals surface area contributed by atoms with Crippen LogP contribution in [0.4, 0.5) is 0 Å². The van der Waals surface area contributed by atoms with Gasteiger partial charge in [0, 0.05) is 44.6 Å². The van der Waals surface area contributed by atoms with Gasteiger partial charge in [-0.05, 0) is 6.07 Å². The van der Waals surface area contributed by atoms with Gasteiger partial charge in [-0.15, -0.1) is 0 Å². The van der Waals surface area contributed by atoms with E-state index in [1.807, 2.05) is 36.5 Å². The van der Waals surface area contributed by atoms with Crippen LogP contribution in [0.25, 0.3) is 0 Å². The first-order valence-corrected chi connectivity index (χ1v) is 4.97. The molecule has 0 radical (unpaired) electrons. The van der Waals surface area contributed by atoms with Crippen molar-refractivity contribution in [1.82, 2.24) is 19.3 Å². The molecular weight excluding hydrogens is 190 g/mol. The molecule has 2 aromatic heterocycles. The van der Waals surface area contributed by atoms with Gasteiger partial charge in [0.05, 0.1) is 12.0 Å². The Kier molecular flexibility index (Phi) is 2.82. The maximum absolute atomic E-state index is 5.60. The highest BCUT2D eigenvalue weighted by molar-refractivity contribution is 5.02. The van der Waals surface area contributed by atoms with Gasteiger partial charge in [-0.2, -0.15) is 5.10 Å². The molecule has 2 rings (SSSR count). The second-order valence-electron chi connectivity index (χ2n) is 3.48. The molecule has 0 saturated carbocycles. The van der Waals surface area contributed by atoms with Gasteiger partial charge in [0.15, 0.2) is 0 Å². The highest BCUT2D eigenvalue weighted by Gasteiger charge is 2.02. The van der Waals surface area contributed by atoms with E-state index in [1.54, 1.807) is 0 Å². The molecule has 0 unspecified atom stereocenters. The first-order chi connectivity index (χ1) is 7.31. The molecule has 0 amide bonds. The van der Waals surface area contributed by atoms with Gasteiger partial charge < -0.3 is 10.3 Å². The zero-order chi connectivity index (χ0) is 10.7. The summed E-state index contributed by atoms with van der Waals surface area (Å²) >= 11 is 0. The molecule has 0 fully saturated rings. The smallest absolute Gasteiger partial charge is 0.0948 e. The van der Waals surface area contributed by atoms with Crippen molar-refractivity contribution in [3.8, 4) is 0 Å². The Hall–Kier alpha value is -1.62. The zero-order valence-corrected chi connectivity index (χ0v) is 8.80. The SMILES string of the molecule is Cn1nccc1CCn1cncc1CN. The first kappa shape index (κ1) is 9.92. The van der Waals surface area contributed by atoms with Crippen molar-refractivity contribution in [2.75, 3.05) is 0 Å². The molecule has 0 spiro atoms. The Bertz CT molecular complexity index is 428. The highest BCUT2D eigenvalue weighted by atomic mass is 15.3. The maximum Gasteiger partial charge on any atom is 0.0948 e. The average molecular weight is 205 g/mol. The van der Waals surface area contributed by atoms with Gasteiger partial charge in [0.1, 0.15) is 0 Å². The Labute approximate surface area is 88.5 Å². The standard InChI is InChI=1S/C10H15N5/c1-14-9(2-4-13-14)3-5-15-8-12-7-10(15)6-11/h2,4,7-8H,3,5-6,11H2,1H3. The van der Waals surface area contributed by atoms with Crippen LogP contribution >= 0.6 is 0 Å². The van der Waals surface area contributed by atoms with Crippen LogP contribution in [0.15, 0.2) is 24.8 Å². The molecule has 0 aliphatic heterocycles. The van der Waals surface area contributed by atoms with Crippen LogP contribution in [0.1, 0.15) is 11.4 Å². The van der Waals surface area contributed by atoms with Crippen molar-refractivity contribution < 1.29 is 0 Å². The van der Waals surface area contributed by atoms with Crippen LogP contribution in [0.5, 0.6) is 0 Å². The van der Waals surface area contributed by atoms with Crippen LogP contribution in [-0.4, -0.2) is 19.3 Å². The highest BCUT2D eigenvalue weighted by Crippen LogP contribution is 2.03. The van der Waals surface area contributed by atoms with E-state index in [-0.39, 0.29) is 0 Å². The summed E-state index contributed by atoms with van der Waals surface area (Å²) in [7, 11) is 1.95. The number of imidazole rings is 1.